The maximum Gasteiger partial charge on any atom is 0.209 e. The molecule has 0 bridgehead atoms. The van der Waals surface area contributed by atoms with Gasteiger partial charge in [0.1, 0.15) is 0 Å². The first-order chi connectivity index (χ1) is 12.8. The predicted molar refractivity (Wildman–Crippen MR) is 104 cm³/mol. The minimum atomic E-state index is 0.306. The molecule has 0 radical (unpaired) electrons. The number of oxazole rings is 1. The largest absolute Gasteiger partial charge is 0.439 e. The molecule has 1 saturated heterocycles. The molecule has 0 spiro atoms. The van der Waals surface area contributed by atoms with E-state index in [0.29, 0.717) is 17.7 Å². The molecule has 1 fully saturated rings. The first kappa shape index (κ1) is 17.7. The monoisotopic (exact) mass is 388 g/mol. The zero-order valence-corrected chi connectivity index (χ0v) is 16.0. The molecule has 0 N–H and O–H groups in total. The number of benzene rings is 1. The Morgan fingerprint density at radius 1 is 1.19 bits per heavy atom. The lowest BCUT2D eigenvalue weighted by molar-refractivity contribution is 0.0653. The Morgan fingerprint density at radius 3 is 2.81 bits per heavy atom. The molecule has 3 aromatic rings. The number of hydrogen-bond acceptors (Lipinski definition) is 5. The second kappa shape index (κ2) is 8.35. The topological polar surface area (TPSA) is 38.5 Å². The summed E-state index contributed by atoms with van der Waals surface area (Å²) < 4.78 is 11.8. The van der Waals surface area contributed by atoms with Gasteiger partial charge in [-0.25, -0.2) is 4.98 Å². The quantitative estimate of drug-likeness (QED) is 0.555. The molecule has 1 aromatic carbocycles. The molecular formula is C20H21ClN2O2S. The fourth-order valence-corrected chi connectivity index (χ4v) is 4.08. The Morgan fingerprint density at radius 2 is 2.08 bits per heavy atom. The average Bonchev–Trinajstić information content (AvgIpc) is 3.38. The molecule has 1 atom stereocenters. The van der Waals surface area contributed by atoms with Crippen LogP contribution >= 0.6 is 22.9 Å². The summed E-state index contributed by atoms with van der Waals surface area (Å²) in [5.74, 6) is 1.49. The highest BCUT2D eigenvalue weighted by Gasteiger charge is 2.21. The molecule has 6 heteroatoms. The summed E-state index contributed by atoms with van der Waals surface area (Å²) >= 11 is 7.74. The molecule has 4 rings (SSSR count). The smallest absolute Gasteiger partial charge is 0.209 e. The number of thiophene rings is 1. The van der Waals surface area contributed by atoms with Crippen molar-refractivity contribution in [3.63, 3.8) is 0 Å². The van der Waals surface area contributed by atoms with Gasteiger partial charge < -0.3 is 9.15 Å². The van der Waals surface area contributed by atoms with E-state index in [-0.39, 0.29) is 0 Å². The van der Waals surface area contributed by atoms with Gasteiger partial charge in [0, 0.05) is 35.2 Å². The number of nitrogens with zero attached hydrogens (tertiary/aromatic N) is 2. The summed E-state index contributed by atoms with van der Waals surface area (Å²) in [5, 5.41) is 2.83. The van der Waals surface area contributed by atoms with E-state index in [4.69, 9.17) is 20.8 Å². The number of aromatic nitrogens is 1. The third-order valence-electron chi connectivity index (χ3n) is 4.49. The van der Waals surface area contributed by atoms with Gasteiger partial charge in [-0.05, 0) is 48.6 Å². The van der Waals surface area contributed by atoms with Crippen molar-refractivity contribution in [3.05, 3.63) is 63.8 Å². The van der Waals surface area contributed by atoms with Crippen LogP contribution in [-0.2, 0) is 17.8 Å². The van der Waals surface area contributed by atoms with Crippen molar-refractivity contribution in [2.45, 2.75) is 32.0 Å². The van der Waals surface area contributed by atoms with Gasteiger partial charge in [-0.15, -0.1) is 11.3 Å². The SMILES string of the molecule is Clc1ccc(-c2cnc(CN(Cc3cccs3)CC3CCCO3)o2)cc1. The second-order valence-electron chi connectivity index (χ2n) is 6.51. The van der Waals surface area contributed by atoms with E-state index in [1.165, 1.54) is 4.88 Å². The van der Waals surface area contributed by atoms with Crippen LogP contribution in [0.3, 0.4) is 0 Å². The van der Waals surface area contributed by atoms with Crippen molar-refractivity contribution in [1.82, 2.24) is 9.88 Å². The van der Waals surface area contributed by atoms with E-state index < -0.39 is 0 Å². The van der Waals surface area contributed by atoms with Crippen LogP contribution in [-0.4, -0.2) is 29.1 Å². The molecule has 26 heavy (non-hydrogen) atoms. The van der Waals surface area contributed by atoms with Crippen molar-refractivity contribution in [1.29, 1.82) is 0 Å². The van der Waals surface area contributed by atoms with Crippen molar-refractivity contribution < 1.29 is 9.15 Å². The highest BCUT2D eigenvalue weighted by atomic mass is 35.5. The fourth-order valence-electron chi connectivity index (χ4n) is 3.21. The lowest BCUT2D eigenvalue weighted by atomic mass is 10.2. The van der Waals surface area contributed by atoms with Gasteiger partial charge in [-0.3, -0.25) is 4.90 Å². The van der Waals surface area contributed by atoms with Crippen molar-refractivity contribution in [3.8, 4) is 11.3 Å². The molecule has 4 nitrogen and oxygen atoms in total. The fraction of sp³-hybridized carbons (Fsp3) is 0.350. The van der Waals surface area contributed by atoms with E-state index in [2.05, 4.69) is 27.4 Å². The Labute approximate surface area is 162 Å². The van der Waals surface area contributed by atoms with Crippen molar-refractivity contribution in [2.75, 3.05) is 13.2 Å². The van der Waals surface area contributed by atoms with Crippen molar-refractivity contribution >= 4 is 22.9 Å². The normalized spacial score (nSPS) is 17.2. The van der Waals surface area contributed by atoms with E-state index in [9.17, 15) is 0 Å². The van der Waals surface area contributed by atoms with Gasteiger partial charge in [-0.1, -0.05) is 17.7 Å². The van der Waals surface area contributed by atoms with E-state index in [1.807, 2.05) is 24.3 Å². The van der Waals surface area contributed by atoms with Gasteiger partial charge in [0.2, 0.25) is 5.89 Å². The number of halogens is 1. The number of rotatable bonds is 7. The van der Waals surface area contributed by atoms with Gasteiger partial charge in [0.25, 0.3) is 0 Å². The molecule has 0 amide bonds. The minimum Gasteiger partial charge on any atom is -0.439 e. The third-order valence-corrected chi connectivity index (χ3v) is 5.60. The summed E-state index contributed by atoms with van der Waals surface area (Å²) in [5.41, 5.74) is 0.983. The first-order valence-corrected chi connectivity index (χ1v) is 10.1. The van der Waals surface area contributed by atoms with E-state index in [0.717, 1.165) is 49.8 Å². The summed E-state index contributed by atoms with van der Waals surface area (Å²) in [7, 11) is 0. The highest BCUT2D eigenvalue weighted by molar-refractivity contribution is 7.09. The van der Waals surface area contributed by atoms with Gasteiger partial charge in [-0.2, -0.15) is 0 Å². The zero-order chi connectivity index (χ0) is 17.8. The third kappa shape index (κ3) is 4.54. The lowest BCUT2D eigenvalue weighted by Gasteiger charge is -2.23. The van der Waals surface area contributed by atoms with Gasteiger partial charge >= 0.3 is 0 Å². The minimum absolute atomic E-state index is 0.306. The number of hydrogen-bond donors (Lipinski definition) is 0. The molecule has 0 aliphatic carbocycles. The van der Waals surface area contributed by atoms with Crippen LogP contribution < -0.4 is 0 Å². The van der Waals surface area contributed by atoms with Crippen LogP contribution in [0.15, 0.2) is 52.4 Å². The Hall–Kier alpha value is -1.66. The van der Waals surface area contributed by atoms with E-state index >= 15 is 0 Å². The van der Waals surface area contributed by atoms with Crippen LogP contribution in [0, 0.1) is 0 Å². The molecule has 3 heterocycles. The van der Waals surface area contributed by atoms with Crippen LogP contribution in [0.1, 0.15) is 23.6 Å². The maximum atomic E-state index is 5.99. The molecule has 1 aliphatic heterocycles. The van der Waals surface area contributed by atoms with Crippen LogP contribution in [0.5, 0.6) is 0 Å². The van der Waals surface area contributed by atoms with Crippen LogP contribution in [0.2, 0.25) is 5.02 Å². The molecule has 0 saturated carbocycles. The Bertz CT molecular complexity index is 811. The lowest BCUT2D eigenvalue weighted by Crippen LogP contribution is -2.31. The zero-order valence-electron chi connectivity index (χ0n) is 14.4. The summed E-state index contributed by atoms with van der Waals surface area (Å²) in [6.07, 6.45) is 4.37. The van der Waals surface area contributed by atoms with Gasteiger partial charge in [0.05, 0.1) is 18.8 Å². The summed E-state index contributed by atoms with van der Waals surface area (Å²) in [6, 6.07) is 11.9. The average molecular weight is 389 g/mol. The summed E-state index contributed by atoms with van der Waals surface area (Å²) in [6.45, 7) is 3.33. The van der Waals surface area contributed by atoms with Crippen LogP contribution in [0.25, 0.3) is 11.3 Å². The van der Waals surface area contributed by atoms with E-state index in [1.54, 1.807) is 17.5 Å². The molecular weight excluding hydrogens is 368 g/mol. The predicted octanol–water partition coefficient (Wildman–Crippen LogP) is 5.24. The standard InChI is InChI=1S/C20H21ClN2O2S/c21-16-7-5-15(6-8-16)19-11-22-20(25-19)14-23(12-17-3-1-9-24-17)13-18-4-2-10-26-18/h2,4-8,10-11,17H,1,3,9,12-14H2. The molecule has 1 unspecified atom stereocenters. The molecule has 136 valence electrons. The highest BCUT2D eigenvalue weighted by Crippen LogP contribution is 2.24. The summed E-state index contributed by atoms with van der Waals surface area (Å²) in [4.78, 5) is 8.18. The first-order valence-electron chi connectivity index (χ1n) is 8.83. The molecule has 1 aliphatic rings. The van der Waals surface area contributed by atoms with Crippen molar-refractivity contribution in [2.24, 2.45) is 0 Å². The Kier molecular flexibility index (Phi) is 5.70. The van der Waals surface area contributed by atoms with Crippen LogP contribution in [0.4, 0.5) is 0 Å². The van der Waals surface area contributed by atoms with Gasteiger partial charge in [0.15, 0.2) is 5.76 Å². The second-order valence-corrected chi connectivity index (χ2v) is 7.98. The molecule has 2 aromatic heterocycles. The Balaban J connectivity index is 1.46. The maximum absolute atomic E-state index is 5.99. The number of ether oxygens (including phenoxy) is 1.